The number of hydrogen-bond donors (Lipinski definition) is 0. The van der Waals surface area contributed by atoms with Crippen molar-refractivity contribution >= 4 is 6.15 Å². The van der Waals surface area contributed by atoms with Crippen molar-refractivity contribution in [2.24, 2.45) is 4.99 Å². The minimum Gasteiger partial charge on any atom is -0.455 e. The second kappa shape index (κ2) is 1.24. The lowest BCUT2D eigenvalue weighted by Gasteiger charge is -1.81. The molecule has 0 atom stereocenters. The molecule has 0 radical (unpaired) electrons. The zero-order valence-corrected chi connectivity index (χ0v) is 3.15. The van der Waals surface area contributed by atoms with E-state index in [1.807, 2.05) is 0 Å². The lowest BCUT2D eigenvalue weighted by atomic mass is 10.8. The van der Waals surface area contributed by atoms with Gasteiger partial charge in [0.05, 0.1) is 6.54 Å². The minimum atomic E-state index is -0.671. The molecular weight excluding hydrogens is 85.0 g/mol. The third kappa shape index (κ3) is 0.478. The molecule has 0 spiro atoms. The van der Waals surface area contributed by atoms with Crippen molar-refractivity contribution in [1.82, 2.24) is 0 Å². The lowest BCUT2D eigenvalue weighted by Crippen LogP contribution is -1.87. The van der Waals surface area contributed by atoms with Gasteiger partial charge in [0.25, 0.3) is 0 Å². The fourth-order valence-corrected chi connectivity index (χ4v) is 0.309. The van der Waals surface area contributed by atoms with Gasteiger partial charge in [-0.1, -0.05) is 0 Å². The Morgan fingerprint density at radius 3 is 2.83 bits per heavy atom. The summed E-state index contributed by atoms with van der Waals surface area (Å²) in [4.78, 5) is 3.26. The highest BCUT2D eigenvalue weighted by atomic mass is 19.1. The summed E-state index contributed by atoms with van der Waals surface area (Å²) in [6.45, 7) is 0.887. The molecule has 34 valence electrons. The van der Waals surface area contributed by atoms with Crippen molar-refractivity contribution < 1.29 is 9.13 Å². The molecule has 0 aliphatic carbocycles. The third-order valence-electron chi connectivity index (χ3n) is 0.549. The molecule has 0 N–H and O–H groups in total. The Kier molecular flexibility index (Phi) is 0.742. The van der Waals surface area contributed by atoms with Gasteiger partial charge in [0.2, 0.25) is 0 Å². The molecule has 0 aromatic carbocycles. The fourth-order valence-electron chi connectivity index (χ4n) is 0.309. The first kappa shape index (κ1) is 3.59. The molecule has 0 amide bonds. The van der Waals surface area contributed by atoms with Gasteiger partial charge in [-0.05, 0) is 0 Å². The number of rotatable bonds is 0. The first-order chi connectivity index (χ1) is 2.89. The van der Waals surface area contributed by atoms with Gasteiger partial charge in [-0.2, -0.15) is 0 Å². The molecule has 0 saturated carbocycles. The van der Waals surface area contributed by atoms with Crippen LogP contribution in [0.15, 0.2) is 4.99 Å². The van der Waals surface area contributed by atoms with Crippen LogP contribution in [-0.2, 0) is 4.74 Å². The summed E-state index contributed by atoms with van der Waals surface area (Å²) >= 11 is 0. The molecule has 2 nitrogen and oxygen atoms in total. The minimum absolute atomic E-state index is 0.409. The molecule has 0 aromatic heterocycles. The monoisotopic (exact) mass is 89.0 g/mol. The van der Waals surface area contributed by atoms with Crippen molar-refractivity contribution in [3.63, 3.8) is 0 Å². The van der Waals surface area contributed by atoms with Crippen LogP contribution >= 0.6 is 0 Å². The van der Waals surface area contributed by atoms with Crippen LogP contribution in [0.1, 0.15) is 0 Å². The van der Waals surface area contributed by atoms with Crippen LogP contribution in [0.3, 0.4) is 0 Å². The highest BCUT2D eigenvalue weighted by Crippen LogP contribution is 1.92. The summed E-state index contributed by atoms with van der Waals surface area (Å²) < 4.78 is 15.7. The number of nitrogens with zero attached hydrogens (tertiary/aromatic N) is 1. The van der Waals surface area contributed by atoms with Gasteiger partial charge in [0, 0.05) is 0 Å². The van der Waals surface area contributed by atoms with Crippen molar-refractivity contribution in [2.45, 2.75) is 0 Å². The zero-order valence-electron chi connectivity index (χ0n) is 3.15. The smallest absolute Gasteiger partial charge is 0.371 e. The van der Waals surface area contributed by atoms with E-state index < -0.39 is 6.15 Å². The van der Waals surface area contributed by atoms with E-state index in [1.54, 1.807) is 0 Å². The van der Waals surface area contributed by atoms with Crippen molar-refractivity contribution in [3.8, 4) is 0 Å². The SMILES string of the molecule is FC1=NCCO1. The van der Waals surface area contributed by atoms with Gasteiger partial charge in [0.1, 0.15) is 6.61 Å². The lowest BCUT2D eigenvalue weighted by molar-refractivity contribution is 0.306. The first-order valence-corrected chi connectivity index (χ1v) is 1.72. The van der Waals surface area contributed by atoms with Crippen LogP contribution in [0.4, 0.5) is 4.39 Å². The summed E-state index contributed by atoms with van der Waals surface area (Å²) in [6.07, 6.45) is -0.671. The standard InChI is InChI=1S/C3H4FNO/c4-3-5-1-2-6-3/h1-2H2. The maximum Gasteiger partial charge on any atom is 0.371 e. The number of ether oxygens (including phenoxy) is 1. The Bertz CT molecular complexity index is 80.9. The molecule has 1 aliphatic rings. The molecule has 0 fully saturated rings. The van der Waals surface area contributed by atoms with Crippen LogP contribution in [0.2, 0.25) is 0 Å². The van der Waals surface area contributed by atoms with Crippen LogP contribution < -0.4 is 0 Å². The molecule has 0 saturated heterocycles. The van der Waals surface area contributed by atoms with Crippen LogP contribution in [0.25, 0.3) is 0 Å². The zero-order chi connectivity index (χ0) is 4.41. The van der Waals surface area contributed by atoms with Gasteiger partial charge in [0.15, 0.2) is 0 Å². The second-order valence-electron chi connectivity index (χ2n) is 0.983. The maximum atomic E-state index is 11.5. The Balaban J connectivity index is 2.45. The number of hydrogen-bond acceptors (Lipinski definition) is 2. The van der Waals surface area contributed by atoms with E-state index in [1.165, 1.54) is 0 Å². The molecule has 1 rings (SSSR count). The van der Waals surface area contributed by atoms with E-state index in [9.17, 15) is 4.39 Å². The quantitative estimate of drug-likeness (QED) is 0.419. The van der Waals surface area contributed by atoms with Gasteiger partial charge in [-0.25, -0.2) is 4.99 Å². The topological polar surface area (TPSA) is 21.6 Å². The third-order valence-corrected chi connectivity index (χ3v) is 0.549. The van der Waals surface area contributed by atoms with E-state index in [0.29, 0.717) is 13.2 Å². The van der Waals surface area contributed by atoms with Gasteiger partial charge in [-0.3, -0.25) is 0 Å². The summed E-state index contributed by atoms with van der Waals surface area (Å²) in [6, 6.07) is 0. The average Bonchev–Trinajstić information content (AvgIpc) is 1.86. The van der Waals surface area contributed by atoms with Crippen molar-refractivity contribution in [2.75, 3.05) is 13.2 Å². The van der Waals surface area contributed by atoms with E-state index in [-0.39, 0.29) is 0 Å². The summed E-state index contributed by atoms with van der Waals surface area (Å²) in [7, 11) is 0. The van der Waals surface area contributed by atoms with E-state index in [4.69, 9.17) is 0 Å². The van der Waals surface area contributed by atoms with Gasteiger partial charge >= 0.3 is 6.15 Å². The van der Waals surface area contributed by atoms with Gasteiger partial charge in [-0.15, -0.1) is 4.39 Å². The van der Waals surface area contributed by atoms with E-state index in [0.717, 1.165) is 0 Å². The molecule has 0 bridgehead atoms. The first-order valence-electron chi connectivity index (χ1n) is 1.72. The van der Waals surface area contributed by atoms with E-state index in [2.05, 4.69) is 9.73 Å². The molecule has 3 heteroatoms. The van der Waals surface area contributed by atoms with Crippen LogP contribution in [-0.4, -0.2) is 19.3 Å². The van der Waals surface area contributed by atoms with E-state index >= 15 is 0 Å². The predicted octanol–water partition coefficient (Wildman–Crippen LogP) is 0.342. The number of aliphatic imine (C=N–C) groups is 1. The Hall–Kier alpha value is -0.600. The average molecular weight is 89.1 g/mol. The van der Waals surface area contributed by atoms with Crippen molar-refractivity contribution in [3.05, 3.63) is 0 Å². The molecular formula is C3H4FNO. The molecule has 1 aliphatic heterocycles. The maximum absolute atomic E-state index is 11.5. The highest BCUT2D eigenvalue weighted by molar-refractivity contribution is 5.66. The second-order valence-corrected chi connectivity index (χ2v) is 0.983. The Morgan fingerprint density at radius 2 is 2.67 bits per heavy atom. The number of halogens is 1. The normalized spacial score (nSPS) is 19.8. The van der Waals surface area contributed by atoms with Gasteiger partial charge < -0.3 is 4.74 Å². The molecule has 0 unspecified atom stereocenters. The molecule has 6 heavy (non-hydrogen) atoms. The molecule has 1 heterocycles. The fraction of sp³-hybridized carbons (Fsp3) is 0.667. The highest BCUT2D eigenvalue weighted by Gasteiger charge is 2.01. The predicted molar refractivity (Wildman–Crippen MR) is 19.4 cm³/mol. The summed E-state index contributed by atoms with van der Waals surface area (Å²) in [5.41, 5.74) is 0. The van der Waals surface area contributed by atoms with Crippen molar-refractivity contribution in [1.29, 1.82) is 0 Å². The summed E-state index contributed by atoms with van der Waals surface area (Å²) in [5.74, 6) is 0. The molecule has 0 aromatic rings. The van der Waals surface area contributed by atoms with Crippen LogP contribution in [0, 0.1) is 0 Å². The largest absolute Gasteiger partial charge is 0.455 e. The Morgan fingerprint density at radius 1 is 1.83 bits per heavy atom. The summed E-state index contributed by atoms with van der Waals surface area (Å²) in [5, 5.41) is 0. The Labute approximate surface area is 34.6 Å². The van der Waals surface area contributed by atoms with Crippen LogP contribution in [0.5, 0.6) is 0 Å².